The molecule has 0 heterocycles. The lowest BCUT2D eigenvalue weighted by Crippen LogP contribution is -2.34. The molecular weight excluding hydrogens is 206 g/mol. The van der Waals surface area contributed by atoms with Gasteiger partial charge in [-0.25, -0.2) is 8.42 Å². The summed E-state index contributed by atoms with van der Waals surface area (Å²) in [5.41, 5.74) is 0. The molecule has 0 fully saturated rings. The highest BCUT2D eigenvalue weighted by Crippen LogP contribution is 1.99. The standard InChI is InChI=1S/C8H19NO4S/c1-12-7-4-5-9(6-8-13-2)14(3,10)11/h4-8H2,1-3H3. The molecule has 0 N–H and O–H groups in total. The zero-order valence-corrected chi connectivity index (χ0v) is 9.84. The second-order valence-electron chi connectivity index (χ2n) is 3.00. The first-order valence-corrected chi connectivity index (χ1v) is 6.30. The summed E-state index contributed by atoms with van der Waals surface area (Å²) >= 11 is 0. The van der Waals surface area contributed by atoms with Crippen LogP contribution in [0.4, 0.5) is 0 Å². The van der Waals surface area contributed by atoms with E-state index in [9.17, 15) is 8.42 Å². The van der Waals surface area contributed by atoms with Crippen molar-refractivity contribution in [1.29, 1.82) is 0 Å². The van der Waals surface area contributed by atoms with E-state index in [1.54, 1.807) is 14.2 Å². The number of rotatable bonds is 8. The molecule has 0 atom stereocenters. The molecule has 86 valence electrons. The van der Waals surface area contributed by atoms with Crippen LogP contribution in [0.3, 0.4) is 0 Å². The maximum Gasteiger partial charge on any atom is 0.211 e. The van der Waals surface area contributed by atoms with E-state index in [0.717, 1.165) is 0 Å². The quantitative estimate of drug-likeness (QED) is 0.543. The van der Waals surface area contributed by atoms with Gasteiger partial charge >= 0.3 is 0 Å². The molecule has 14 heavy (non-hydrogen) atoms. The molecule has 0 radical (unpaired) electrons. The zero-order chi connectivity index (χ0) is 11.0. The van der Waals surface area contributed by atoms with Crippen LogP contribution in [-0.2, 0) is 19.5 Å². The van der Waals surface area contributed by atoms with Crippen LogP contribution < -0.4 is 0 Å². The van der Waals surface area contributed by atoms with Crippen LogP contribution >= 0.6 is 0 Å². The zero-order valence-electron chi connectivity index (χ0n) is 9.02. The number of ether oxygens (including phenoxy) is 2. The van der Waals surface area contributed by atoms with Gasteiger partial charge in [-0.05, 0) is 6.42 Å². The van der Waals surface area contributed by atoms with E-state index in [1.807, 2.05) is 0 Å². The first-order valence-electron chi connectivity index (χ1n) is 4.45. The smallest absolute Gasteiger partial charge is 0.211 e. The van der Waals surface area contributed by atoms with Crippen LogP contribution in [0, 0.1) is 0 Å². The van der Waals surface area contributed by atoms with Crippen molar-refractivity contribution in [1.82, 2.24) is 4.31 Å². The fourth-order valence-electron chi connectivity index (χ4n) is 1.02. The second-order valence-corrected chi connectivity index (χ2v) is 4.98. The van der Waals surface area contributed by atoms with Gasteiger partial charge in [0.15, 0.2) is 0 Å². The van der Waals surface area contributed by atoms with Gasteiger partial charge in [0, 0.05) is 33.9 Å². The van der Waals surface area contributed by atoms with E-state index in [2.05, 4.69) is 0 Å². The summed E-state index contributed by atoms with van der Waals surface area (Å²) in [7, 11) is 0.0285. The lowest BCUT2D eigenvalue weighted by Gasteiger charge is -2.18. The normalized spacial score (nSPS) is 12.3. The molecule has 0 rings (SSSR count). The Hall–Kier alpha value is -0.170. The number of hydrogen-bond acceptors (Lipinski definition) is 4. The van der Waals surface area contributed by atoms with E-state index >= 15 is 0 Å². The molecule has 0 aliphatic heterocycles. The summed E-state index contributed by atoms with van der Waals surface area (Å²) in [6.07, 6.45) is 1.91. The molecular formula is C8H19NO4S. The first kappa shape index (κ1) is 13.8. The van der Waals surface area contributed by atoms with Crippen molar-refractivity contribution in [2.24, 2.45) is 0 Å². The average Bonchev–Trinajstić information content (AvgIpc) is 2.09. The molecule has 0 aliphatic rings. The first-order chi connectivity index (χ1) is 6.52. The highest BCUT2D eigenvalue weighted by atomic mass is 32.2. The van der Waals surface area contributed by atoms with Crippen molar-refractivity contribution < 1.29 is 17.9 Å². The third kappa shape index (κ3) is 6.31. The summed E-state index contributed by atoms with van der Waals surface area (Å²) < 4.78 is 33.6. The van der Waals surface area contributed by atoms with E-state index in [1.165, 1.54) is 10.6 Å². The molecule has 0 aromatic rings. The topological polar surface area (TPSA) is 55.8 Å². The molecule has 0 aromatic carbocycles. The van der Waals surface area contributed by atoms with Gasteiger partial charge in [-0.2, -0.15) is 4.31 Å². The van der Waals surface area contributed by atoms with Crippen molar-refractivity contribution in [3.8, 4) is 0 Å². The lowest BCUT2D eigenvalue weighted by atomic mass is 10.4. The molecule has 0 saturated heterocycles. The maximum absolute atomic E-state index is 11.3. The molecule has 6 heteroatoms. The molecule has 0 bridgehead atoms. The van der Waals surface area contributed by atoms with Gasteiger partial charge < -0.3 is 9.47 Å². The Morgan fingerprint density at radius 3 is 2.07 bits per heavy atom. The van der Waals surface area contributed by atoms with Crippen LogP contribution in [-0.4, -0.2) is 59.5 Å². The van der Waals surface area contributed by atoms with Crippen molar-refractivity contribution in [3.05, 3.63) is 0 Å². The van der Waals surface area contributed by atoms with Gasteiger partial charge in [-0.15, -0.1) is 0 Å². The number of sulfonamides is 1. The second kappa shape index (κ2) is 7.17. The monoisotopic (exact) mass is 225 g/mol. The predicted molar refractivity (Wildman–Crippen MR) is 54.8 cm³/mol. The number of hydrogen-bond donors (Lipinski definition) is 0. The summed E-state index contributed by atoms with van der Waals surface area (Å²) in [6, 6.07) is 0. The summed E-state index contributed by atoms with van der Waals surface area (Å²) in [5.74, 6) is 0. The van der Waals surface area contributed by atoms with Crippen LogP contribution in [0.2, 0.25) is 0 Å². The fraction of sp³-hybridized carbons (Fsp3) is 1.00. The Labute approximate surface area is 86.0 Å². The van der Waals surface area contributed by atoms with Crippen molar-refractivity contribution in [2.45, 2.75) is 6.42 Å². The van der Waals surface area contributed by atoms with Crippen LogP contribution in [0.25, 0.3) is 0 Å². The number of methoxy groups -OCH3 is 2. The minimum Gasteiger partial charge on any atom is -0.385 e. The largest absolute Gasteiger partial charge is 0.385 e. The van der Waals surface area contributed by atoms with Crippen LogP contribution in [0.5, 0.6) is 0 Å². The van der Waals surface area contributed by atoms with E-state index in [0.29, 0.717) is 32.7 Å². The Bertz CT molecular complexity index is 227. The van der Waals surface area contributed by atoms with Gasteiger partial charge in [0.2, 0.25) is 10.0 Å². The Balaban J connectivity index is 3.99. The van der Waals surface area contributed by atoms with E-state index < -0.39 is 10.0 Å². The SMILES string of the molecule is COCCCN(CCOC)S(C)(=O)=O. The van der Waals surface area contributed by atoms with Crippen molar-refractivity contribution >= 4 is 10.0 Å². The third-order valence-corrected chi connectivity index (χ3v) is 3.07. The molecule has 0 saturated carbocycles. The third-order valence-electron chi connectivity index (χ3n) is 1.77. The average molecular weight is 225 g/mol. The predicted octanol–water partition coefficient (Wildman–Crippen LogP) is -0.0691. The molecule has 0 aromatic heterocycles. The fourth-order valence-corrected chi connectivity index (χ4v) is 1.89. The summed E-state index contributed by atoms with van der Waals surface area (Å²) in [5, 5.41) is 0. The van der Waals surface area contributed by atoms with Crippen LogP contribution in [0.1, 0.15) is 6.42 Å². The molecule has 0 spiro atoms. The summed E-state index contributed by atoms with van der Waals surface area (Å²) in [6.45, 7) is 1.87. The molecule has 0 aliphatic carbocycles. The Morgan fingerprint density at radius 1 is 1.07 bits per heavy atom. The molecule has 0 unspecified atom stereocenters. The van der Waals surface area contributed by atoms with Gasteiger partial charge in [0.25, 0.3) is 0 Å². The van der Waals surface area contributed by atoms with E-state index in [-0.39, 0.29) is 0 Å². The van der Waals surface area contributed by atoms with Crippen molar-refractivity contribution in [2.75, 3.05) is 46.8 Å². The van der Waals surface area contributed by atoms with Gasteiger partial charge in [-0.1, -0.05) is 0 Å². The lowest BCUT2D eigenvalue weighted by molar-refractivity contribution is 0.164. The maximum atomic E-state index is 11.3. The van der Waals surface area contributed by atoms with Gasteiger partial charge in [0.1, 0.15) is 0 Å². The van der Waals surface area contributed by atoms with Gasteiger partial charge in [0.05, 0.1) is 12.9 Å². The highest BCUT2D eigenvalue weighted by molar-refractivity contribution is 7.88. The minimum atomic E-state index is -3.12. The van der Waals surface area contributed by atoms with Crippen LogP contribution in [0.15, 0.2) is 0 Å². The van der Waals surface area contributed by atoms with Crippen molar-refractivity contribution in [3.63, 3.8) is 0 Å². The Morgan fingerprint density at radius 2 is 1.64 bits per heavy atom. The molecule has 0 amide bonds. The Kier molecular flexibility index (Phi) is 7.08. The number of nitrogens with zero attached hydrogens (tertiary/aromatic N) is 1. The summed E-state index contributed by atoms with van der Waals surface area (Å²) in [4.78, 5) is 0. The van der Waals surface area contributed by atoms with Gasteiger partial charge in [-0.3, -0.25) is 0 Å². The highest BCUT2D eigenvalue weighted by Gasteiger charge is 2.14. The van der Waals surface area contributed by atoms with E-state index in [4.69, 9.17) is 9.47 Å². The molecule has 5 nitrogen and oxygen atoms in total. The minimum absolute atomic E-state index is 0.402.